The predicted molar refractivity (Wildman–Crippen MR) is 122 cm³/mol. The van der Waals surface area contributed by atoms with E-state index in [0.29, 0.717) is 16.6 Å². The van der Waals surface area contributed by atoms with E-state index in [-0.39, 0.29) is 29.0 Å². The van der Waals surface area contributed by atoms with Crippen LogP contribution in [-0.4, -0.2) is 27.8 Å². The topological polar surface area (TPSA) is 79.0 Å². The van der Waals surface area contributed by atoms with Gasteiger partial charge in [0.15, 0.2) is 5.16 Å². The van der Waals surface area contributed by atoms with Crippen LogP contribution in [0.15, 0.2) is 88.8 Å². The van der Waals surface area contributed by atoms with Crippen molar-refractivity contribution in [3.63, 3.8) is 0 Å². The third-order valence-electron chi connectivity index (χ3n) is 4.76. The van der Waals surface area contributed by atoms with Gasteiger partial charge in [0.2, 0.25) is 5.91 Å². The lowest BCUT2D eigenvalue weighted by Crippen LogP contribution is -2.33. The molecule has 3 aromatic carbocycles. The molecule has 1 heterocycles. The summed E-state index contributed by atoms with van der Waals surface area (Å²) in [6.07, 6.45) is 0. The minimum atomic E-state index is -0.574. The lowest BCUT2D eigenvalue weighted by atomic mass is 10.2. The second-order valence-electron chi connectivity index (χ2n) is 6.77. The van der Waals surface area contributed by atoms with Crippen molar-refractivity contribution < 1.29 is 9.18 Å². The Labute approximate surface area is 187 Å². The number of amides is 1. The van der Waals surface area contributed by atoms with Crippen molar-refractivity contribution in [3.05, 3.63) is 95.0 Å². The maximum Gasteiger partial charge on any atom is 0.266 e. The number of anilines is 1. The van der Waals surface area contributed by atoms with E-state index in [4.69, 9.17) is 5.26 Å². The van der Waals surface area contributed by atoms with Gasteiger partial charge in [0, 0.05) is 5.69 Å². The van der Waals surface area contributed by atoms with Gasteiger partial charge in [-0.1, -0.05) is 54.2 Å². The number of nitrogens with zero attached hydrogens (tertiary/aromatic N) is 4. The second-order valence-corrected chi connectivity index (χ2v) is 7.71. The first kappa shape index (κ1) is 21.3. The number of halogens is 1. The molecular weight excluding hydrogens is 427 g/mol. The van der Waals surface area contributed by atoms with E-state index >= 15 is 0 Å². The van der Waals surface area contributed by atoms with E-state index in [1.165, 1.54) is 27.7 Å². The smallest absolute Gasteiger partial charge is 0.266 e. The van der Waals surface area contributed by atoms with E-state index < -0.39 is 11.4 Å². The molecule has 0 aliphatic heterocycles. The number of carbonyl (C=O) groups is 1. The van der Waals surface area contributed by atoms with Crippen molar-refractivity contribution in [3.8, 4) is 11.8 Å². The van der Waals surface area contributed by atoms with Crippen LogP contribution >= 0.6 is 11.8 Å². The van der Waals surface area contributed by atoms with Crippen LogP contribution in [0, 0.1) is 17.1 Å². The predicted octanol–water partition coefficient (Wildman–Crippen LogP) is 4.17. The molecule has 158 valence electrons. The molecule has 0 saturated carbocycles. The first-order valence-electron chi connectivity index (χ1n) is 9.72. The molecule has 0 spiro atoms. The van der Waals surface area contributed by atoms with Crippen LogP contribution in [0.25, 0.3) is 16.6 Å². The number of aromatic nitrogens is 2. The highest BCUT2D eigenvalue weighted by atomic mass is 32.2. The summed E-state index contributed by atoms with van der Waals surface area (Å²) in [5.74, 6) is -0.990. The van der Waals surface area contributed by atoms with Crippen LogP contribution < -0.4 is 10.5 Å². The Morgan fingerprint density at radius 3 is 2.47 bits per heavy atom. The van der Waals surface area contributed by atoms with Crippen molar-refractivity contribution >= 4 is 34.3 Å². The van der Waals surface area contributed by atoms with E-state index in [2.05, 4.69) is 4.98 Å². The van der Waals surface area contributed by atoms with Crippen molar-refractivity contribution in [1.82, 2.24) is 9.55 Å². The van der Waals surface area contributed by atoms with Crippen LogP contribution in [0.2, 0.25) is 0 Å². The minimum absolute atomic E-state index is 0.0580. The van der Waals surface area contributed by atoms with Gasteiger partial charge >= 0.3 is 0 Å². The first-order chi connectivity index (χ1) is 15.6. The largest absolute Gasteiger partial charge is 0.298 e. The molecular formula is C24H17FN4O2S. The maximum absolute atomic E-state index is 14.6. The number of rotatable bonds is 6. The number of hydrogen-bond donors (Lipinski definition) is 0. The van der Waals surface area contributed by atoms with Gasteiger partial charge in [-0.05, 0) is 36.4 Å². The number of nitriles is 1. The molecule has 1 aromatic heterocycles. The molecule has 32 heavy (non-hydrogen) atoms. The Balaban J connectivity index is 1.73. The van der Waals surface area contributed by atoms with Crippen molar-refractivity contribution in [2.24, 2.45) is 0 Å². The standard InChI is InChI=1S/C24H17FN4O2S/c25-19-11-5-7-13-21(19)29-23(31)18-10-4-6-12-20(18)27-24(29)32-16-22(30)28(15-14-26)17-8-2-1-3-9-17/h1-13H,15-16H2. The fourth-order valence-electron chi connectivity index (χ4n) is 3.26. The van der Waals surface area contributed by atoms with Gasteiger partial charge in [-0.2, -0.15) is 5.26 Å². The summed E-state index contributed by atoms with van der Waals surface area (Å²) < 4.78 is 15.8. The number of carbonyl (C=O) groups excluding carboxylic acids is 1. The molecule has 6 nitrogen and oxygen atoms in total. The molecule has 8 heteroatoms. The SMILES string of the molecule is N#CCN(C(=O)CSc1nc2ccccc2c(=O)n1-c1ccccc1F)c1ccccc1. The van der Waals surface area contributed by atoms with Crippen molar-refractivity contribution in [1.29, 1.82) is 5.26 Å². The third-order valence-corrected chi connectivity index (χ3v) is 5.68. The molecule has 0 radical (unpaired) electrons. The Morgan fingerprint density at radius 1 is 1.03 bits per heavy atom. The average molecular weight is 444 g/mol. The minimum Gasteiger partial charge on any atom is -0.298 e. The Bertz CT molecular complexity index is 1380. The molecule has 0 N–H and O–H groups in total. The van der Waals surface area contributed by atoms with Crippen molar-refractivity contribution in [2.45, 2.75) is 5.16 Å². The monoisotopic (exact) mass is 444 g/mol. The highest BCUT2D eigenvalue weighted by molar-refractivity contribution is 7.99. The molecule has 0 aliphatic carbocycles. The van der Waals surface area contributed by atoms with Gasteiger partial charge in [-0.15, -0.1) is 0 Å². The normalized spacial score (nSPS) is 10.6. The second kappa shape index (κ2) is 9.45. The third kappa shape index (κ3) is 4.24. The summed E-state index contributed by atoms with van der Waals surface area (Å²) in [7, 11) is 0. The quantitative estimate of drug-likeness (QED) is 0.253. The molecule has 0 fully saturated rings. The molecule has 0 bridgehead atoms. The Kier molecular flexibility index (Phi) is 6.29. The summed E-state index contributed by atoms with van der Waals surface area (Å²) in [6.45, 7) is -0.116. The Morgan fingerprint density at radius 2 is 1.72 bits per heavy atom. The van der Waals surface area contributed by atoms with Crippen LogP contribution in [-0.2, 0) is 4.79 Å². The van der Waals surface area contributed by atoms with Crippen molar-refractivity contribution in [2.75, 3.05) is 17.2 Å². The number of para-hydroxylation sites is 3. The number of thioether (sulfide) groups is 1. The van der Waals surface area contributed by atoms with E-state index in [1.54, 1.807) is 54.6 Å². The summed E-state index contributed by atoms with van der Waals surface area (Å²) in [5, 5.41) is 9.70. The highest BCUT2D eigenvalue weighted by Gasteiger charge is 2.20. The molecule has 0 unspecified atom stereocenters. The maximum atomic E-state index is 14.6. The van der Waals surface area contributed by atoms with Gasteiger partial charge in [-0.25, -0.2) is 9.37 Å². The van der Waals surface area contributed by atoms with Gasteiger partial charge in [0.25, 0.3) is 5.56 Å². The number of hydrogen-bond acceptors (Lipinski definition) is 5. The molecule has 0 atom stereocenters. The fraction of sp³-hybridized carbons (Fsp3) is 0.0833. The lowest BCUT2D eigenvalue weighted by Gasteiger charge is -2.20. The van der Waals surface area contributed by atoms with Gasteiger partial charge in [0.1, 0.15) is 12.4 Å². The molecule has 0 aliphatic rings. The Hall–Kier alpha value is -3.96. The van der Waals surface area contributed by atoms with Crippen LogP contribution in [0.4, 0.5) is 10.1 Å². The number of benzene rings is 3. The fourth-order valence-corrected chi connectivity index (χ4v) is 4.14. The summed E-state index contributed by atoms with van der Waals surface area (Å²) in [4.78, 5) is 32.0. The zero-order valence-electron chi connectivity index (χ0n) is 16.8. The van der Waals surface area contributed by atoms with Gasteiger partial charge in [-0.3, -0.25) is 19.1 Å². The first-order valence-corrected chi connectivity index (χ1v) is 10.7. The van der Waals surface area contributed by atoms with E-state index in [0.717, 1.165) is 11.8 Å². The average Bonchev–Trinajstić information content (AvgIpc) is 2.82. The van der Waals surface area contributed by atoms with Gasteiger partial charge < -0.3 is 0 Å². The summed E-state index contributed by atoms with van der Waals surface area (Å²) in [5.41, 5.74) is 0.685. The molecule has 4 rings (SSSR count). The van der Waals surface area contributed by atoms with Gasteiger partial charge in [0.05, 0.1) is 28.4 Å². The van der Waals surface area contributed by atoms with Crippen LogP contribution in [0.3, 0.4) is 0 Å². The van der Waals surface area contributed by atoms with E-state index in [1.807, 2.05) is 12.1 Å². The molecule has 1 amide bonds. The molecule has 4 aromatic rings. The summed E-state index contributed by atoms with van der Waals surface area (Å²) in [6, 6.07) is 23.6. The zero-order chi connectivity index (χ0) is 22.5. The highest BCUT2D eigenvalue weighted by Crippen LogP contribution is 2.24. The van der Waals surface area contributed by atoms with Crippen LogP contribution in [0.5, 0.6) is 0 Å². The van der Waals surface area contributed by atoms with E-state index in [9.17, 15) is 14.0 Å². The molecule has 0 saturated heterocycles. The van der Waals surface area contributed by atoms with Crippen LogP contribution in [0.1, 0.15) is 0 Å². The zero-order valence-corrected chi connectivity index (χ0v) is 17.6. The number of fused-ring (bicyclic) bond motifs is 1. The lowest BCUT2D eigenvalue weighted by molar-refractivity contribution is -0.116. The summed E-state index contributed by atoms with van der Waals surface area (Å²) >= 11 is 1.02.